The summed E-state index contributed by atoms with van der Waals surface area (Å²) in [5.41, 5.74) is 1.03. The molecule has 0 bridgehead atoms. The standard InChI is InChI=1S/C13H20ClNO2S/c1-11(14)10-12(2)15-18(16,17)9-8-13-6-4-3-5-7-13/h3-7,11-12,15H,8-10H2,1-2H3. The number of aryl methyl sites for hydroxylation is 1. The Hall–Kier alpha value is -0.580. The Morgan fingerprint density at radius 3 is 2.39 bits per heavy atom. The fourth-order valence-corrected chi connectivity index (χ4v) is 3.40. The van der Waals surface area contributed by atoms with Crippen LogP contribution in [0, 0.1) is 0 Å². The minimum atomic E-state index is -3.23. The first-order chi connectivity index (χ1) is 8.39. The molecule has 1 N–H and O–H groups in total. The van der Waals surface area contributed by atoms with Gasteiger partial charge in [-0.2, -0.15) is 0 Å². The lowest BCUT2D eigenvalue weighted by atomic mass is 10.2. The summed E-state index contributed by atoms with van der Waals surface area (Å²) >= 11 is 5.84. The van der Waals surface area contributed by atoms with Gasteiger partial charge in [0.05, 0.1) is 5.75 Å². The van der Waals surface area contributed by atoms with Gasteiger partial charge in [0.2, 0.25) is 10.0 Å². The molecule has 0 radical (unpaired) electrons. The van der Waals surface area contributed by atoms with Gasteiger partial charge in [-0.15, -0.1) is 11.6 Å². The van der Waals surface area contributed by atoms with Gasteiger partial charge in [-0.05, 0) is 32.3 Å². The summed E-state index contributed by atoms with van der Waals surface area (Å²) in [5, 5.41) is -0.0307. The van der Waals surface area contributed by atoms with Gasteiger partial charge in [0.1, 0.15) is 0 Å². The minimum absolute atomic E-state index is 0.0307. The summed E-state index contributed by atoms with van der Waals surface area (Å²) in [7, 11) is -3.23. The molecule has 0 aliphatic heterocycles. The van der Waals surface area contributed by atoms with E-state index in [1.165, 1.54) is 0 Å². The van der Waals surface area contributed by atoms with Gasteiger partial charge in [0.25, 0.3) is 0 Å². The molecule has 0 aliphatic carbocycles. The maximum atomic E-state index is 11.8. The van der Waals surface area contributed by atoms with E-state index >= 15 is 0 Å². The largest absolute Gasteiger partial charge is 0.212 e. The fourth-order valence-electron chi connectivity index (χ4n) is 1.80. The molecule has 0 spiro atoms. The molecule has 0 amide bonds. The highest BCUT2D eigenvalue weighted by Gasteiger charge is 2.15. The average molecular weight is 290 g/mol. The molecule has 0 saturated heterocycles. The van der Waals surface area contributed by atoms with Gasteiger partial charge < -0.3 is 0 Å². The van der Waals surface area contributed by atoms with Gasteiger partial charge in [-0.3, -0.25) is 0 Å². The predicted octanol–water partition coefficient (Wildman–Crippen LogP) is 2.55. The third kappa shape index (κ3) is 6.38. The van der Waals surface area contributed by atoms with Crippen molar-refractivity contribution in [3.8, 4) is 0 Å². The molecule has 0 saturated carbocycles. The van der Waals surface area contributed by atoms with Crippen molar-refractivity contribution in [1.82, 2.24) is 4.72 Å². The second-order valence-corrected chi connectivity index (χ2v) is 7.21. The van der Waals surface area contributed by atoms with Crippen LogP contribution in [0.25, 0.3) is 0 Å². The zero-order chi connectivity index (χ0) is 13.6. The van der Waals surface area contributed by atoms with Crippen molar-refractivity contribution in [1.29, 1.82) is 0 Å². The molecule has 0 aromatic heterocycles. The van der Waals surface area contributed by atoms with Gasteiger partial charge in [0.15, 0.2) is 0 Å². The number of sulfonamides is 1. The first-order valence-corrected chi connectivity index (χ1v) is 8.16. The number of rotatable bonds is 7. The van der Waals surface area contributed by atoms with Crippen LogP contribution in [-0.4, -0.2) is 25.6 Å². The lowest BCUT2D eigenvalue weighted by Crippen LogP contribution is -2.36. The van der Waals surface area contributed by atoms with Crippen molar-refractivity contribution in [2.24, 2.45) is 0 Å². The highest BCUT2D eigenvalue weighted by atomic mass is 35.5. The van der Waals surface area contributed by atoms with Crippen LogP contribution in [0.15, 0.2) is 30.3 Å². The highest BCUT2D eigenvalue weighted by molar-refractivity contribution is 7.89. The van der Waals surface area contributed by atoms with E-state index in [9.17, 15) is 8.42 Å². The van der Waals surface area contributed by atoms with Crippen molar-refractivity contribution in [2.45, 2.75) is 38.1 Å². The normalized spacial score (nSPS) is 15.3. The van der Waals surface area contributed by atoms with Crippen molar-refractivity contribution in [2.75, 3.05) is 5.75 Å². The molecule has 102 valence electrons. The van der Waals surface area contributed by atoms with E-state index in [0.717, 1.165) is 5.56 Å². The Labute approximate surface area is 115 Å². The van der Waals surface area contributed by atoms with E-state index in [4.69, 9.17) is 11.6 Å². The van der Waals surface area contributed by atoms with E-state index in [1.807, 2.05) is 44.2 Å². The van der Waals surface area contributed by atoms with E-state index in [1.54, 1.807) is 0 Å². The predicted molar refractivity (Wildman–Crippen MR) is 76.5 cm³/mol. The fraction of sp³-hybridized carbons (Fsp3) is 0.538. The Bertz CT molecular complexity index is 445. The van der Waals surface area contributed by atoms with Crippen LogP contribution in [0.3, 0.4) is 0 Å². The lowest BCUT2D eigenvalue weighted by Gasteiger charge is -2.15. The van der Waals surface area contributed by atoms with E-state index in [-0.39, 0.29) is 17.2 Å². The summed E-state index contributed by atoms with van der Waals surface area (Å²) in [6.45, 7) is 3.69. The zero-order valence-electron chi connectivity index (χ0n) is 10.8. The van der Waals surface area contributed by atoms with E-state index < -0.39 is 10.0 Å². The molecule has 2 atom stereocenters. The van der Waals surface area contributed by atoms with E-state index in [0.29, 0.717) is 12.8 Å². The third-order valence-electron chi connectivity index (χ3n) is 2.56. The molecular weight excluding hydrogens is 270 g/mol. The summed E-state index contributed by atoms with van der Waals surface area (Å²) < 4.78 is 26.3. The number of hydrogen-bond acceptors (Lipinski definition) is 2. The summed E-state index contributed by atoms with van der Waals surface area (Å²) in [6, 6.07) is 9.47. The number of nitrogens with one attached hydrogen (secondary N) is 1. The molecule has 5 heteroatoms. The Morgan fingerprint density at radius 1 is 1.22 bits per heavy atom. The molecule has 1 aromatic carbocycles. The summed E-state index contributed by atoms with van der Waals surface area (Å²) in [6.07, 6.45) is 1.16. The second-order valence-electron chi connectivity index (χ2n) is 4.59. The smallest absolute Gasteiger partial charge is 0.212 e. The second kappa shape index (κ2) is 7.12. The van der Waals surface area contributed by atoms with Crippen LogP contribution in [0.4, 0.5) is 0 Å². The molecule has 0 heterocycles. The minimum Gasteiger partial charge on any atom is -0.212 e. The zero-order valence-corrected chi connectivity index (χ0v) is 12.3. The van der Waals surface area contributed by atoms with Gasteiger partial charge >= 0.3 is 0 Å². The van der Waals surface area contributed by atoms with Crippen molar-refractivity contribution < 1.29 is 8.42 Å². The maximum Gasteiger partial charge on any atom is 0.212 e. The molecule has 0 fully saturated rings. The van der Waals surface area contributed by atoms with Crippen LogP contribution in [0.2, 0.25) is 0 Å². The number of halogens is 1. The number of alkyl halides is 1. The van der Waals surface area contributed by atoms with Crippen LogP contribution >= 0.6 is 11.6 Å². The van der Waals surface area contributed by atoms with Crippen molar-refractivity contribution >= 4 is 21.6 Å². The highest BCUT2D eigenvalue weighted by Crippen LogP contribution is 2.06. The number of benzene rings is 1. The molecule has 3 nitrogen and oxygen atoms in total. The monoisotopic (exact) mass is 289 g/mol. The Balaban J connectivity index is 2.45. The van der Waals surface area contributed by atoms with E-state index in [2.05, 4.69) is 4.72 Å². The van der Waals surface area contributed by atoms with Crippen molar-refractivity contribution in [3.05, 3.63) is 35.9 Å². The topological polar surface area (TPSA) is 46.2 Å². The summed E-state index contributed by atoms with van der Waals surface area (Å²) in [4.78, 5) is 0. The molecular formula is C13H20ClNO2S. The molecule has 2 unspecified atom stereocenters. The molecule has 18 heavy (non-hydrogen) atoms. The van der Waals surface area contributed by atoms with Crippen molar-refractivity contribution in [3.63, 3.8) is 0 Å². The third-order valence-corrected chi connectivity index (χ3v) is 4.24. The van der Waals surface area contributed by atoms with Gasteiger partial charge in [-0.1, -0.05) is 30.3 Å². The summed E-state index contributed by atoms with van der Waals surface area (Å²) in [5.74, 6) is 0.109. The SMILES string of the molecule is CC(Cl)CC(C)NS(=O)(=O)CCc1ccccc1. The maximum absolute atomic E-state index is 11.8. The molecule has 1 aromatic rings. The lowest BCUT2D eigenvalue weighted by molar-refractivity contribution is 0.545. The average Bonchev–Trinajstić information content (AvgIpc) is 2.26. The van der Waals surface area contributed by atoms with Crippen LogP contribution in [0.1, 0.15) is 25.8 Å². The Kier molecular flexibility index (Phi) is 6.12. The Morgan fingerprint density at radius 2 is 1.83 bits per heavy atom. The van der Waals surface area contributed by atoms with Crippen LogP contribution in [0.5, 0.6) is 0 Å². The van der Waals surface area contributed by atoms with Gasteiger partial charge in [0, 0.05) is 11.4 Å². The quantitative estimate of drug-likeness (QED) is 0.784. The number of hydrogen-bond donors (Lipinski definition) is 1. The molecule has 1 rings (SSSR count). The van der Waals surface area contributed by atoms with Crippen LogP contribution < -0.4 is 4.72 Å². The van der Waals surface area contributed by atoms with Crippen LogP contribution in [-0.2, 0) is 16.4 Å². The first-order valence-electron chi connectivity index (χ1n) is 6.07. The first kappa shape index (κ1) is 15.5. The van der Waals surface area contributed by atoms with Gasteiger partial charge in [-0.25, -0.2) is 13.1 Å². The molecule has 0 aliphatic rings.